The topological polar surface area (TPSA) is 23.8 Å². The van der Waals surface area contributed by atoms with Gasteiger partial charge in [-0.1, -0.05) is 0 Å². The summed E-state index contributed by atoms with van der Waals surface area (Å²) in [6.07, 6.45) is 1.86. The second kappa shape index (κ2) is 9.78. The standard InChI is InChI=1S/C4H6N.BrH.Zn/c1-2-3-4-5;;/h1-3H2;1H;. The van der Waals surface area contributed by atoms with Crippen LogP contribution in [-0.4, -0.2) is 0 Å². The van der Waals surface area contributed by atoms with E-state index >= 15 is 0 Å². The van der Waals surface area contributed by atoms with Crippen molar-refractivity contribution in [1.82, 2.24) is 0 Å². The molecule has 0 aliphatic heterocycles. The number of unbranched alkanes of at least 4 members (excludes halogenated alkanes) is 1. The zero-order chi connectivity index (χ0) is 4.83. The Labute approximate surface area is 64.5 Å². The van der Waals surface area contributed by atoms with Crippen molar-refractivity contribution < 1.29 is 18.3 Å². The maximum atomic E-state index is 7.96. The predicted octanol–water partition coefficient (Wildman–Crippen LogP) is 1.83. The van der Waals surface area contributed by atoms with E-state index in [0.717, 1.165) is 12.8 Å². The molecule has 0 fully saturated rings. The average Bonchev–Trinajstić information content (AvgIpc) is 1.61. The van der Waals surface area contributed by atoms with Gasteiger partial charge in [-0.25, -0.2) is 0 Å². The van der Waals surface area contributed by atoms with Crippen LogP contribution in [0, 0.1) is 11.3 Å². The third kappa shape index (κ3) is 10.8. The Balaban J connectivity index is 0. The fourth-order valence-electron chi connectivity index (χ4n) is 0.204. The fourth-order valence-corrected chi connectivity index (χ4v) is 0.729. The molecule has 0 aromatic rings. The first-order chi connectivity index (χ1) is 2.91. The van der Waals surface area contributed by atoms with Crippen LogP contribution in [0.1, 0.15) is 12.8 Å². The molecule has 0 aromatic carbocycles. The Morgan fingerprint density at radius 3 is 2.29 bits per heavy atom. The van der Waals surface area contributed by atoms with Crippen LogP contribution in [-0.2, 0) is 18.3 Å². The zero-order valence-corrected chi connectivity index (χ0v) is 8.86. The van der Waals surface area contributed by atoms with Crippen molar-refractivity contribution in [2.45, 2.75) is 17.9 Å². The Hall–Kier alpha value is 0.593. The van der Waals surface area contributed by atoms with E-state index in [9.17, 15) is 0 Å². The summed E-state index contributed by atoms with van der Waals surface area (Å²) in [5.74, 6) is 0. The van der Waals surface area contributed by atoms with Gasteiger partial charge in [0.05, 0.1) is 0 Å². The van der Waals surface area contributed by atoms with E-state index in [4.69, 9.17) is 5.26 Å². The summed E-state index contributed by atoms with van der Waals surface area (Å²) >= 11 is 1.34. The van der Waals surface area contributed by atoms with E-state index in [1.54, 1.807) is 0 Å². The number of hydrogen-bond acceptors (Lipinski definition) is 1. The number of hydrogen-bond donors (Lipinski definition) is 0. The van der Waals surface area contributed by atoms with Crippen LogP contribution < -0.4 is 0 Å². The molecule has 0 saturated carbocycles. The van der Waals surface area contributed by atoms with Gasteiger partial charge in [0.2, 0.25) is 0 Å². The molecule has 0 saturated heterocycles. The van der Waals surface area contributed by atoms with Gasteiger partial charge < -0.3 is 0 Å². The number of nitriles is 1. The molecule has 0 radical (unpaired) electrons. The first-order valence-electron chi connectivity index (χ1n) is 2.08. The molecule has 0 atom stereocenters. The van der Waals surface area contributed by atoms with E-state index in [-0.39, 0.29) is 17.0 Å². The molecule has 0 aromatic heterocycles. The SMILES string of the molecule is Br.N#CCC[CH2][Zn]. The van der Waals surface area contributed by atoms with Gasteiger partial charge in [-0.05, 0) is 0 Å². The first kappa shape index (κ1) is 10.6. The van der Waals surface area contributed by atoms with Gasteiger partial charge in [-0.2, -0.15) is 0 Å². The van der Waals surface area contributed by atoms with Crippen molar-refractivity contribution in [1.29, 1.82) is 5.26 Å². The molecule has 0 bridgehead atoms. The van der Waals surface area contributed by atoms with Crippen molar-refractivity contribution in [3.8, 4) is 6.07 Å². The van der Waals surface area contributed by atoms with Crippen LogP contribution in [0.15, 0.2) is 0 Å². The molecule has 37 valence electrons. The predicted molar refractivity (Wildman–Crippen MR) is 30.0 cm³/mol. The average molecular weight is 214 g/mol. The van der Waals surface area contributed by atoms with E-state index < -0.39 is 0 Å². The molecular formula is C4H7BrNZn. The summed E-state index contributed by atoms with van der Waals surface area (Å²) in [5.41, 5.74) is 0. The Kier molecular flexibility index (Phi) is 14.7. The van der Waals surface area contributed by atoms with Gasteiger partial charge >= 0.3 is 47.5 Å². The van der Waals surface area contributed by atoms with Crippen LogP contribution in [0.2, 0.25) is 5.02 Å². The van der Waals surface area contributed by atoms with E-state index in [2.05, 4.69) is 6.07 Å². The molecule has 0 spiro atoms. The second-order valence-corrected chi connectivity index (χ2v) is 2.60. The summed E-state index contributed by atoms with van der Waals surface area (Å²) in [7, 11) is 0. The molecule has 1 nitrogen and oxygen atoms in total. The van der Waals surface area contributed by atoms with Crippen molar-refractivity contribution >= 4 is 17.0 Å². The van der Waals surface area contributed by atoms with Crippen LogP contribution >= 0.6 is 17.0 Å². The molecule has 0 N–H and O–H groups in total. The number of halogens is 1. The van der Waals surface area contributed by atoms with Crippen LogP contribution in [0.5, 0.6) is 0 Å². The summed E-state index contributed by atoms with van der Waals surface area (Å²) in [6.45, 7) is 0. The van der Waals surface area contributed by atoms with Gasteiger partial charge in [-0.3, -0.25) is 0 Å². The Morgan fingerprint density at radius 1 is 1.57 bits per heavy atom. The molecule has 0 aliphatic rings. The third-order valence-corrected chi connectivity index (χ3v) is 1.59. The van der Waals surface area contributed by atoms with Gasteiger partial charge in [-0.15, -0.1) is 17.0 Å². The van der Waals surface area contributed by atoms with E-state index in [1.165, 1.54) is 23.3 Å². The number of rotatable bonds is 2. The van der Waals surface area contributed by atoms with Gasteiger partial charge in [0.1, 0.15) is 0 Å². The maximum absolute atomic E-state index is 7.96. The van der Waals surface area contributed by atoms with Crippen LogP contribution in [0.4, 0.5) is 0 Å². The van der Waals surface area contributed by atoms with Crippen molar-refractivity contribution in [3.05, 3.63) is 0 Å². The molecule has 0 aliphatic carbocycles. The quantitative estimate of drug-likeness (QED) is 0.508. The van der Waals surface area contributed by atoms with Gasteiger partial charge in [0.25, 0.3) is 0 Å². The summed E-state index contributed by atoms with van der Waals surface area (Å²) < 4.78 is 0. The minimum atomic E-state index is 0. The molecule has 3 heteroatoms. The van der Waals surface area contributed by atoms with Crippen molar-refractivity contribution in [3.63, 3.8) is 0 Å². The first-order valence-corrected chi connectivity index (χ1v) is 4.18. The molecule has 0 rings (SSSR count). The van der Waals surface area contributed by atoms with Crippen molar-refractivity contribution in [2.75, 3.05) is 0 Å². The summed E-state index contributed by atoms with van der Waals surface area (Å²) in [4.78, 5) is 0. The monoisotopic (exact) mass is 212 g/mol. The van der Waals surface area contributed by atoms with E-state index in [1.807, 2.05) is 0 Å². The molecule has 0 amide bonds. The normalized spacial score (nSPS) is 6.43. The number of nitrogens with zero attached hydrogens (tertiary/aromatic N) is 1. The second-order valence-electron chi connectivity index (χ2n) is 1.12. The minimum absolute atomic E-state index is 0. The van der Waals surface area contributed by atoms with Crippen molar-refractivity contribution in [2.24, 2.45) is 0 Å². The summed E-state index contributed by atoms with van der Waals surface area (Å²) in [5, 5.41) is 9.22. The summed E-state index contributed by atoms with van der Waals surface area (Å²) in [6, 6.07) is 2.09. The van der Waals surface area contributed by atoms with Crippen LogP contribution in [0.3, 0.4) is 0 Å². The van der Waals surface area contributed by atoms with Gasteiger partial charge in [0, 0.05) is 0 Å². The molecule has 0 heterocycles. The third-order valence-electron chi connectivity index (χ3n) is 0.539. The molecular weight excluding hydrogens is 207 g/mol. The Bertz CT molecular complexity index is 59.2. The van der Waals surface area contributed by atoms with E-state index in [0.29, 0.717) is 0 Å². The van der Waals surface area contributed by atoms with Crippen LogP contribution in [0.25, 0.3) is 0 Å². The zero-order valence-electron chi connectivity index (χ0n) is 4.18. The molecule has 0 unspecified atom stereocenters. The Morgan fingerprint density at radius 2 is 2.14 bits per heavy atom. The molecule has 7 heavy (non-hydrogen) atoms. The fraction of sp³-hybridized carbons (Fsp3) is 0.750. The van der Waals surface area contributed by atoms with Gasteiger partial charge in [0.15, 0.2) is 0 Å².